The van der Waals surface area contributed by atoms with Gasteiger partial charge in [-0.15, -0.1) is 0 Å². The van der Waals surface area contributed by atoms with Crippen LogP contribution in [0.2, 0.25) is 5.02 Å². The highest BCUT2D eigenvalue weighted by atomic mass is 35.5. The van der Waals surface area contributed by atoms with Gasteiger partial charge in [-0.1, -0.05) is 23.7 Å². The SMILES string of the molecule is COc1ccccc1OCC(=O)Oc1ccc(Cl)cc1C. The third-order valence-electron chi connectivity index (χ3n) is 2.78. The number of carbonyl (C=O) groups excluding carboxylic acids is 1. The van der Waals surface area contributed by atoms with E-state index in [1.807, 2.05) is 13.0 Å². The molecule has 4 nitrogen and oxygen atoms in total. The number of esters is 1. The average Bonchev–Trinajstić information content (AvgIpc) is 2.48. The Balaban J connectivity index is 1.96. The molecule has 0 aromatic heterocycles. The topological polar surface area (TPSA) is 44.8 Å². The van der Waals surface area contributed by atoms with Gasteiger partial charge in [0.15, 0.2) is 18.1 Å². The number of hydrogen-bond acceptors (Lipinski definition) is 4. The van der Waals surface area contributed by atoms with Gasteiger partial charge in [-0.2, -0.15) is 0 Å². The monoisotopic (exact) mass is 306 g/mol. The molecule has 110 valence electrons. The van der Waals surface area contributed by atoms with Crippen LogP contribution in [0.25, 0.3) is 0 Å². The first kappa shape index (κ1) is 15.2. The van der Waals surface area contributed by atoms with Crippen LogP contribution in [-0.2, 0) is 4.79 Å². The number of para-hydroxylation sites is 2. The maximum absolute atomic E-state index is 11.8. The molecule has 2 aromatic rings. The van der Waals surface area contributed by atoms with Crippen molar-refractivity contribution in [3.8, 4) is 17.2 Å². The Hall–Kier alpha value is -2.20. The lowest BCUT2D eigenvalue weighted by Crippen LogP contribution is -2.18. The second-order valence-corrected chi connectivity index (χ2v) is 4.76. The Kier molecular flexibility index (Phi) is 5.06. The van der Waals surface area contributed by atoms with Crippen molar-refractivity contribution in [3.63, 3.8) is 0 Å². The number of ether oxygens (including phenoxy) is 3. The van der Waals surface area contributed by atoms with Crippen LogP contribution in [0.15, 0.2) is 42.5 Å². The predicted molar refractivity (Wildman–Crippen MR) is 80.3 cm³/mol. The summed E-state index contributed by atoms with van der Waals surface area (Å²) in [6.07, 6.45) is 0. The molecule has 0 saturated heterocycles. The number of hydrogen-bond donors (Lipinski definition) is 0. The molecule has 0 atom stereocenters. The fourth-order valence-electron chi connectivity index (χ4n) is 1.75. The van der Waals surface area contributed by atoms with Crippen molar-refractivity contribution in [3.05, 3.63) is 53.1 Å². The van der Waals surface area contributed by atoms with E-state index >= 15 is 0 Å². The maximum atomic E-state index is 11.8. The van der Waals surface area contributed by atoms with Gasteiger partial charge in [-0.3, -0.25) is 0 Å². The number of aryl methyl sites for hydroxylation is 1. The minimum atomic E-state index is -0.494. The van der Waals surface area contributed by atoms with Crippen molar-refractivity contribution in [1.82, 2.24) is 0 Å². The standard InChI is InChI=1S/C16H15ClO4/c1-11-9-12(17)7-8-13(11)21-16(18)10-20-15-6-4-3-5-14(15)19-2/h3-9H,10H2,1-2H3. The highest BCUT2D eigenvalue weighted by Gasteiger charge is 2.10. The van der Waals surface area contributed by atoms with Crippen LogP contribution in [0.4, 0.5) is 0 Å². The lowest BCUT2D eigenvalue weighted by Gasteiger charge is -2.11. The van der Waals surface area contributed by atoms with Crippen molar-refractivity contribution in [2.45, 2.75) is 6.92 Å². The van der Waals surface area contributed by atoms with Gasteiger partial charge in [-0.05, 0) is 42.8 Å². The summed E-state index contributed by atoms with van der Waals surface area (Å²) in [5, 5.41) is 0.595. The fraction of sp³-hybridized carbons (Fsp3) is 0.188. The maximum Gasteiger partial charge on any atom is 0.349 e. The van der Waals surface area contributed by atoms with E-state index in [-0.39, 0.29) is 6.61 Å². The van der Waals surface area contributed by atoms with Crippen molar-refractivity contribution >= 4 is 17.6 Å². The molecule has 0 heterocycles. The molecule has 0 aliphatic heterocycles. The zero-order chi connectivity index (χ0) is 15.2. The third kappa shape index (κ3) is 4.13. The minimum absolute atomic E-state index is 0.206. The van der Waals surface area contributed by atoms with E-state index in [9.17, 15) is 4.79 Å². The van der Waals surface area contributed by atoms with E-state index in [4.69, 9.17) is 25.8 Å². The number of rotatable bonds is 5. The van der Waals surface area contributed by atoms with Gasteiger partial charge in [0.25, 0.3) is 0 Å². The molecule has 21 heavy (non-hydrogen) atoms. The Labute approximate surface area is 128 Å². The summed E-state index contributed by atoms with van der Waals surface area (Å²) in [7, 11) is 1.54. The first-order valence-electron chi connectivity index (χ1n) is 6.33. The van der Waals surface area contributed by atoms with Crippen molar-refractivity contribution in [2.75, 3.05) is 13.7 Å². The predicted octanol–water partition coefficient (Wildman–Crippen LogP) is 3.64. The Morgan fingerprint density at radius 3 is 2.48 bits per heavy atom. The van der Waals surface area contributed by atoms with Gasteiger partial charge in [0.1, 0.15) is 5.75 Å². The Bertz CT molecular complexity index is 640. The molecule has 5 heteroatoms. The summed E-state index contributed by atoms with van der Waals surface area (Å²) in [6, 6.07) is 12.1. The molecule has 0 radical (unpaired) electrons. The largest absolute Gasteiger partial charge is 0.493 e. The molecule has 0 saturated carbocycles. The minimum Gasteiger partial charge on any atom is -0.493 e. The molecule has 0 spiro atoms. The number of benzene rings is 2. The van der Waals surface area contributed by atoms with Crippen LogP contribution < -0.4 is 14.2 Å². The summed E-state index contributed by atoms with van der Waals surface area (Å²) in [5.41, 5.74) is 0.785. The molecular formula is C16H15ClO4. The van der Waals surface area contributed by atoms with Crippen molar-refractivity contribution in [2.24, 2.45) is 0 Å². The van der Waals surface area contributed by atoms with Gasteiger partial charge >= 0.3 is 5.97 Å². The van der Waals surface area contributed by atoms with Gasteiger partial charge in [0.05, 0.1) is 7.11 Å². The van der Waals surface area contributed by atoms with E-state index in [0.717, 1.165) is 5.56 Å². The molecule has 2 rings (SSSR count). The Morgan fingerprint density at radius 1 is 1.10 bits per heavy atom. The van der Waals surface area contributed by atoms with Gasteiger partial charge in [-0.25, -0.2) is 4.79 Å². The molecule has 0 aliphatic carbocycles. The first-order chi connectivity index (χ1) is 10.1. The van der Waals surface area contributed by atoms with E-state index in [1.54, 1.807) is 36.4 Å². The number of methoxy groups -OCH3 is 1. The van der Waals surface area contributed by atoms with Crippen molar-refractivity contribution < 1.29 is 19.0 Å². The molecule has 0 unspecified atom stereocenters. The zero-order valence-corrected chi connectivity index (χ0v) is 12.5. The second-order valence-electron chi connectivity index (χ2n) is 4.32. The van der Waals surface area contributed by atoms with Crippen LogP contribution in [0.5, 0.6) is 17.2 Å². The van der Waals surface area contributed by atoms with E-state index in [0.29, 0.717) is 22.3 Å². The Morgan fingerprint density at radius 2 is 1.81 bits per heavy atom. The molecular weight excluding hydrogens is 292 g/mol. The van der Waals surface area contributed by atoms with E-state index in [2.05, 4.69) is 0 Å². The van der Waals surface area contributed by atoms with Crippen LogP contribution in [0.1, 0.15) is 5.56 Å². The zero-order valence-electron chi connectivity index (χ0n) is 11.8. The molecule has 0 aliphatic rings. The first-order valence-corrected chi connectivity index (χ1v) is 6.70. The lowest BCUT2D eigenvalue weighted by atomic mass is 10.2. The summed E-state index contributed by atoms with van der Waals surface area (Å²) < 4.78 is 15.8. The van der Waals surface area contributed by atoms with Crippen molar-refractivity contribution in [1.29, 1.82) is 0 Å². The van der Waals surface area contributed by atoms with Gasteiger partial charge in [0, 0.05) is 5.02 Å². The summed E-state index contributed by atoms with van der Waals surface area (Å²) >= 11 is 5.85. The summed E-state index contributed by atoms with van der Waals surface area (Å²) in [5.74, 6) is 1.03. The van der Waals surface area contributed by atoms with Crippen LogP contribution >= 0.6 is 11.6 Å². The molecule has 0 fully saturated rings. The summed E-state index contributed by atoms with van der Waals surface area (Å²) in [4.78, 5) is 11.8. The highest BCUT2D eigenvalue weighted by Crippen LogP contribution is 2.26. The normalized spacial score (nSPS) is 10.0. The van der Waals surface area contributed by atoms with Crippen LogP contribution in [0.3, 0.4) is 0 Å². The second kappa shape index (κ2) is 6.99. The smallest absolute Gasteiger partial charge is 0.349 e. The third-order valence-corrected chi connectivity index (χ3v) is 3.01. The fourth-order valence-corrected chi connectivity index (χ4v) is 1.98. The molecule has 2 aromatic carbocycles. The quantitative estimate of drug-likeness (QED) is 0.625. The van der Waals surface area contributed by atoms with Gasteiger partial charge < -0.3 is 14.2 Å². The molecule has 0 N–H and O–H groups in total. The molecule has 0 bridgehead atoms. The lowest BCUT2D eigenvalue weighted by molar-refractivity contribution is -0.136. The van der Waals surface area contributed by atoms with Gasteiger partial charge in [0.2, 0.25) is 0 Å². The van der Waals surface area contributed by atoms with Crippen LogP contribution in [0, 0.1) is 6.92 Å². The van der Waals surface area contributed by atoms with E-state index < -0.39 is 5.97 Å². The number of carbonyl (C=O) groups is 1. The molecule has 0 amide bonds. The highest BCUT2D eigenvalue weighted by molar-refractivity contribution is 6.30. The van der Waals surface area contributed by atoms with Crippen LogP contribution in [-0.4, -0.2) is 19.7 Å². The average molecular weight is 307 g/mol. The summed E-state index contributed by atoms with van der Waals surface area (Å²) in [6.45, 7) is 1.61. The number of halogens is 1. The van der Waals surface area contributed by atoms with E-state index in [1.165, 1.54) is 7.11 Å².